The largest absolute Gasteiger partial charge is 0.492 e. The van der Waals surface area contributed by atoms with Gasteiger partial charge in [0.2, 0.25) is 11.7 Å². The number of aromatic hydroxyl groups is 1. The second kappa shape index (κ2) is 4.44. The molecule has 0 spiro atoms. The van der Waals surface area contributed by atoms with Crippen molar-refractivity contribution in [3.63, 3.8) is 0 Å². The van der Waals surface area contributed by atoms with Gasteiger partial charge in [-0.15, -0.1) is 0 Å². The highest BCUT2D eigenvalue weighted by Crippen LogP contribution is 2.20. The maximum atomic E-state index is 13.3. The number of rotatable bonds is 2. The Morgan fingerprint density at radius 3 is 2.61 bits per heavy atom. The molecule has 2 N–H and O–H groups in total. The molecule has 6 nitrogen and oxygen atoms in total. The smallest absolute Gasteiger partial charge is 0.331 e. The number of aromatic amines is 1. The number of hydrogen-bond acceptors (Lipinski definition) is 4. The van der Waals surface area contributed by atoms with Gasteiger partial charge in [-0.25, -0.2) is 4.79 Å². The number of nitrogens with zero attached hydrogens (tertiary/aromatic N) is 2. The summed E-state index contributed by atoms with van der Waals surface area (Å²) in [4.78, 5) is 28.2. The van der Waals surface area contributed by atoms with Crippen molar-refractivity contribution in [1.82, 2.24) is 14.5 Å². The van der Waals surface area contributed by atoms with E-state index in [4.69, 9.17) is 0 Å². The van der Waals surface area contributed by atoms with E-state index in [1.807, 2.05) is 0 Å². The van der Waals surface area contributed by atoms with Crippen LogP contribution in [0.1, 0.15) is 18.5 Å². The number of nitrogens with one attached hydrogen (secondary N) is 1. The third-order valence-electron chi connectivity index (χ3n) is 2.64. The molecule has 0 saturated heterocycles. The summed E-state index contributed by atoms with van der Waals surface area (Å²) in [6, 6.07) is 2.62. The molecule has 94 valence electrons. The van der Waals surface area contributed by atoms with Gasteiger partial charge < -0.3 is 5.11 Å². The van der Waals surface area contributed by atoms with Crippen LogP contribution < -0.4 is 11.2 Å². The Bertz CT molecular complexity index is 678. The van der Waals surface area contributed by atoms with Gasteiger partial charge in [0, 0.05) is 12.4 Å². The summed E-state index contributed by atoms with van der Waals surface area (Å²) in [5.74, 6) is -2.36. The van der Waals surface area contributed by atoms with Crippen LogP contribution in [0.5, 0.6) is 5.88 Å². The Morgan fingerprint density at radius 1 is 1.39 bits per heavy atom. The van der Waals surface area contributed by atoms with Crippen molar-refractivity contribution in [3.05, 3.63) is 56.7 Å². The second-order valence-electron chi connectivity index (χ2n) is 3.72. The van der Waals surface area contributed by atoms with Gasteiger partial charge in [0.15, 0.2) is 0 Å². The fourth-order valence-electron chi connectivity index (χ4n) is 1.67. The summed E-state index contributed by atoms with van der Waals surface area (Å²) in [5, 5.41) is 9.54. The van der Waals surface area contributed by atoms with E-state index in [9.17, 15) is 19.1 Å². The Kier molecular flexibility index (Phi) is 2.97. The predicted octanol–water partition coefficient (Wildman–Crippen LogP) is 0.386. The molecule has 1 unspecified atom stereocenters. The number of H-pyrrole nitrogens is 1. The van der Waals surface area contributed by atoms with Gasteiger partial charge in [-0.3, -0.25) is 19.3 Å². The highest BCUT2D eigenvalue weighted by molar-refractivity contribution is 5.20. The average Bonchev–Trinajstić information content (AvgIpc) is 2.37. The maximum Gasteiger partial charge on any atom is 0.331 e. The van der Waals surface area contributed by atoms with Crippen molar-refractivity contribution in [3.8, 4) is 5.88 Å². The third kappa shape index (κ3) is 1.90. The van der Waals surface area contributed by atoms with E-state index >= 15 is 0 Å². The van der Waals surface area contributed by atoms with E-state index in [0.29, 0.717) is 5.56 Å². The third-order valence-corrected chi connectivity index (χ3v) is 2.64. The van der Waals surface area contributed by atoms with Gasteiger partial charge in [-0.1, -0.05) is 0 Å². The molecule has 2 aromatic heterocycles. The number of pyridine rings is 1. The van der Waals surface area contributed by atoms with Crippen LogP contribution in [0.25, 0.3) is 0 Å². The van der Waals surface area contributed by atoms with Gasteiger partial charge in [0.1, 0.15) is 0 Å². The monoisotopic (exact) mass is 251 g/mol. The van der Waals surface area contributed by atoms with Crippen molar-refractivity contribution < 1.29 is 9.50 Å². The summed E-state index contributed by atoms with van der Waals surface area (Å²) in [5.41, 5.74) is -1.47. The van der Waals surface area contributed by atoms with Crippen LogP contribution in [0.15, 0.2) is 34.1 Å². The minimum atomic E-state index is -1.38. The Hall–Kier alpha value is -2.44. The topological polar surface area (TPSA) is 88.0 Å². The lowest BCUT2D eigenvalue weighted by Crippen LogP contribution is -2.33. The average molecular weight is 251 g/mol. The van der Waals surface area contributed by atoms with E-state index in [2.05, 4.69) is 4.98 Å². The standard InChI is InChI=1S/C11H10FN3O3/c1-6(7-2-4-13-5-3-7)15-10(17)8(12)9(16)14-11(15)18/h2-6,17H,1H3,(H,14,16,18). The molecule has 2 heterocycles. The molecular weight excluding hydrogens is 241 g/mol. The van der Waals surface area contributed by atoms with Crippen LogP contribution in [0, 0.1) is 5.82 Å². The van der Waals surface area contributed by atoms with Crippen LogP contribution in [0.3, 0.4) is 0 Å². The fourth-order valence-corrected chi connectivity index (χ4v) is 1.67. The van der Waals surface area contributed by atoms with E-state index in [-0.39, 0.29) is 0 Å². The zero-order valence-electron chi connectivity index (χ0n) is 9.42. The molecule has 0 aliphatic rings. The summed E-state index contributed by atoms with van der Waals surface area (Å²) in [7, 11) is 0. The van der Waals surface area contributed by atoms with Crippen molar-refractivity contribution >= 4 is 0 Å². The van der Waals surface area contributed by atoms with E-state index in [1.54, 1.807) is 24.0 Å². The van der Waals surface area contributed by atoms with Gasteiger partial charge >= 0.3 is 5.69 Å². The first-order chi connectivity index (χ1) is 8.52. The van der Waals surface area contributed by atoms with E-state index < -0.39 is 29.0 Å². The van der Waals surface area contributed by atoms with E-state index in [0.717, 1.165) is 4.57 Å². The highest BCUT2D eigenvalue weighted by atomic mass is 19.1. The molecule has 0 aliphatic carbocycles. The van der Waals surface area contributed by atoms with Gasteiger partial charge in [0.05, 0.1) is 6.04 Å². The predicted molar refractivity (Wildman–Crippen MR) is 61.0 cm³/mol. The van der Waals surface area contributed by atoms with Crippen LogP contribution in [-0.4, -0.2) is 19.6 Å². The highest BCUT2D eigenvalue weighted by Gasteiger charge is 2.19. The SMILES string of the molecule is CC(c1ccncc1)n1c(O)c(F)c(=O)[nH]c1=O. The quantitative estimate of drug-likeness (QED) is 0.808. The lowest BCUT2D eigenvalue weighted by Gasteiger charge is -2.16. The molecule has 18 heavy (non-hydrogen) atoms. The summed E-state index contributed by atoms with van der Waals surface area (Å²) < 4.78 is 14.1. The molecule has 0 saturated carbocycles. The first kappa shape index (κ1) is 12.0. The molecule has 0 amide bonds. The van der Waals surface area contributed by atoms with Gasteiger partial charge in [0.25, 0.3) is 5.56 Å². The Balaban J connectivity index is 2.63. The minimum Gasteiger partial charge on any atom is -0.492 e. The zero-order valence-corrected chi connectivity index (χ0v) is 9.42. The van der Waals surface area contributed by atoms with Gasteiger partial charge in [-0.2, -0.15) is 4.39 Å². The first-order valence-corrected chi connectivity index (χ1v) is 5.15. The van der Waals surface area contributed by atoms with Crippen LogP contribution in [0.4, 0.5) is 4.39 Å². The lowest BCUT2D eigenvalue weighted by molar-refractivity contribution is 0.351. The second-order valence-corrected chi connectivity index (χ2v) is 3.72. The molecular formula is C11H10FN3O3. The van der Waals surface area contributed by atoms with Crippen molar-refractivity contribution in [2.45, 2.75) is 13.0 Å². The molecule has 1 atom stereocenters. The summed E-state index contributed by atoms with van der Waals surface area (Å²) >= 11 is 0. The molecule has 0 aromatic carbocycles. The maximum absolute atomic E-state index is 13.3. The van der Waals surface area contributed by atoms with Crippen molar-refractivity contribution in [2.24, 2.45) is 0 Å². The molecule has 0 aliphatic heterocycles. The normalized spacial score (nSPS) is 12.3. The molecule has 2 rings (SSSR count). The molecule has 2 aromatic rings. The van der Waals surface area contributed by atoms with Crippen molar-refractivity contribution in [2.75, 3.05) is 0 Å². The van der Waals surface area contributed by atoms with Crippen molar-refractivity contribution in [1.29, 1.82) is 0 Å². The van der Waals surface area contributed by atoms with Crippen LogP contribution in [0.2, 0.25) is 0 Å². The minimum absolute atomic E-state index is 0.633. The van der Waals surface area contributed by atoms with Gasteiger partial charge in [-0.05, 0) is 24.6 Å². The lowest BCUT2D eigenvalue weighted by atomic mass is 10.1. The number of aromatic nitrogens is 3. The zero-order chi connectivity index (χ0) is 13.3. The Morgan fingerprint density at radius 2 is 2.00 bits per heavy atom. The molecule has 0 fully saturated rings. The molecule has 0 bridgehead atoms. The molecule has 0 radical (unpaired) electrons. The number of hydrogen-bond donors (Lipinski definition) is 2. The van der Waals surface area contributed by atoms with E-state index in [1.165, 1.54) is 12.4 Å². The summed E-state index contributed by atoms with van der Waals surface area (Å²) in [6.07, 6.45) is 3.02. The van der Waals surface area contributed by atoms with Crippen LogP contribution in [-0.2, 0) is 0 Å². The fraction of sp³-hybridized carbons (Fsp3) is 0.182. The Labute approximate surface area is 100 Å². The first-order valence-electron chi connectivity index (χ1n) is 5.15. The van der Waals surface area contributed by atoms with Crippen LogP contribution >= 0.6 is 0 Å². The number of halogens is 1. The summed E-state index contributed by atoms with van der Waals surface area (Å²) in [6.45, 7) is 1.59. The molecule has 7 heteroatoms.